The summed E-state index contributed by atoms with van der Waals surface area (Å²) in [6.07, 6.45) is -0.283. The van der Waals surface area contributed by atoms with Crippen molar-refractivity contribution in [1.82, 2.24) is 0 Å². The number of halogens is 15. The van der Waals surface area contributed by atoms with Gasteiger partial charge in [0.25, 0.3) is 0 Å². The molecule has 0 radical (unpaired) electrons. The molecule has 45 heavy (non-hydrogen) atoms. The molecular formula is C26H10BF15O3. The minimum absolute atomic E-state index is 0.172. The second kappa shape index (κ2) is 10.7. The molecule has 3 aromatic carbocycles. The molecule has 19 heteroatoms. The maximum absolute atomic E-state index is 15.7. The summed E-state index contributed by atoms with van der Waals surface area (Å²) in [6.45, 7) is 0.772. The fourth-order valence-electron chi connectivity index (χ4n) is 5.71. The van der Waals surface area contributed by atoms with Gasteiger partial charge in [0, 0.05) is 16.7 Å². The zero-order chi connectivity index (χ0) is 34.4. The summed E-state index contributed by atoms with van der Waals surface area (Å²) in [5.74, 6) is -48.7. The Balaban J connectivity index is 2.62. The molecule has 0 heterocycles. The summed E-state index contributed by atoms with van der Waals surface area (Å²) in [4.78, 5) is 0. The van der Waals surface area contributed by atoms with E-state index in [1.807, 2.05) is 0 Å². The fourth-order valence-corrected chi connectivity index (χ4v) is 5.71. The monoisotopic (exact) mass is 666 g/mol. The third-order valence-electron chi connectivity index (χ3n) is 7.56. The molecule has 0 saturated carbocycles. The average molecular weight is 666 g/mol. The summed E-state index contributed by atoms with van der Waals surface area (Å²) in [7, 11) is -4.08. The van der Waals surface area contributed by atoms with E-state index in [9.17, 15) is 54.7 Å². The molecule has 3 N–H and O–H groups in total. The second-order valence-electron chi connectivity index (χ2n) is 9.63. The lowest BCUT2D eigenvalue weighted by molar-refractivity contribution is 0.251. The molecule has 0 saturated heterocycles. The summed E-state index contributed by atoms with van der Waals surface area (Å²) in [5, 5.41) is 27.4. The predicted molar refractivity (Wildman–Crippen MR) is 120 cm³/mol. The average Bonchev–Trinajstić information content (AvgIpc) is 2.99. The Morgan fingerprint density at radius 2 is 0.689 bits per heavy atom. The van der Waals surface area contributed by atoms with Gasteiger partial charge in [-0.15, -0.1) is 0 Å². The Morgan fingerprint density at radius 3 is 0.956 bits per heavy atom. The first-order valence-electron chi connectivity index (χ1n) is 11.7. The van der Waals surface area contributed by atoms with Crippen molar-refractivity contribution in [2.24, 2.45) is 0 Å². The lowest BCUT2D eigenvalue weighted by atomic mass is 9.36. The fraction of sp³-hybridized carbons (Fsp3) is 0.154. The quantitative estimate of drug-likeness (QED) is 0.124. The number of hydrogen-bond acceptors (Lipinski definition) is 3. The van der Waals surface area contributed by atoms with Crippen molar-refractivity contribution >= 4 is 7.12 Å². The van der Waals surface area contributed by atoms with Crippen molar-refractivity contribution in [3.8, 4) is 0 Å². The van der Waals surface area contributed by atoms with Gasteiger partial charge in [-0.2, -0.15) is 0 Å². The van der Waals surface area contributed by atoms with Crippen molar-refractivity contribution in [3.63, 3.8) is 0 Å². The number of allylic oxidation sites excluding steroid dienone is 3. The number of aliphatic hydroxyl groups is 1. The van der Waals surface area contributed by atoms with Gasteiger partial charge in [-0.05, 0) is 25.0 Å². The molecule has 3 aromatic rings. The van der Waals surface area contributed by atoms with Crippen LogP contribution in [0.1, 0.15) is 30.5 Å². The van der Waals surface area contributed by atoms with Gasteiger partial charge >= 0.3 is 7.12 Å². The molecule has 0 fully saturated rings. The van der Waals surface area contributed by atoms with Gasteiger partial charge < -0.3 is 15.2 Å². The largest absolute Gasteiger partial charge is 0.508 e. The highest BCUT2D eigenvalue weighted by molar-refractivity contribution is 6.48. The SMILES string of the molecule is CC1=CC(B(O)O)(c2c(F)c(F)c(F)c(F)c2F)C(c2c(F)c(F)c(F)c(F)c2F)(c2c(F)c(F)c(F)c(F)c2F)C(C)=C1O. The molecule has 1 aliphatic carbocycles. The number of benzene rings is 3. The lowest BCUT2D eigenvalue weighted by Gasteiger charge is -2.53. The number of rotatable bonds is 4. The second-order valence-corrected chi connectivity index (χ2v) is 9.63. The summed E-state index contributed by atoms with van der Waals surface area (Å²) < 4.78 is 224. The first kappa shape index (κ1) is 33.8. The Morgan fingerprint density at radius 1 is 0.444 bits per heavy atom. The van der Waals surface area contributed by atoms with Crippen LogP contribution in [0.25, 0.3) is 0 Å². The van der Waals surface area contributed by atoms with Crippen LogP contribution in [0, 0.1) is 87.3 Å². The first-order chi connectivity index (χ1) is 20.7. The molecule has 0 aliphatic heterocycles. The normalized spacial score (nSPS) is 18.1. The molecule has 0 amide bonds. The number of hydrogen-bond donors (Lipinski definition) is 3. The van der Waals surface area contributed by atoms with E-state index in [1.165, 1.54) is 0 Å². The highest BCUT2D eigenvalue weighted by atomic mass is 19.2. The van der Waals surface area contributed by atoms with Crippen LogP contribution in [-0.2, 0) is 10.7 Å². The van der Waals surface area contributed by atoms with Crippen LogP contribution in [0.3, 0.4) is 0 Å². The van der Waals surface area contributed by atoms with E-state index in [4.69, 9.17) is 0 Å². The maximum Gasteiger partial charge on any atom is 0.468 e. The summed E-state index contributed by atoms with van der Waals surface area (Å²) in [6, 6.07) is 0. The topological polar surface area (TPSA) is 60.7 Å². The van der Waals surface area contributed by atoms with Gasteiger partial charge in [0.05, 0.1) is 10.7 Å². The smallest absolute Gasteiger partial charge is 0.468 e. The summed E-state index contributed by atoms with van der Waals surface area (Å²) >= 11 is 0. The van der Waals surface area contributed by atoms with Crippen LogP contribution in [0.15, 0.2) is 23.0 Å². The molecule has 3 nitrogen and oxygen atoms in total. The van der Waals surface area contributed by atoms with Crippen molar-refractivity contribution in [3.05, 3.63) is 127 Å². The van der Waals surface area contributed by atoms with Gasteiger partial charge in [0.1, 0.15) is 5.76 Å². The van der Waals surface area contributed by atoms with E-state index in [0.717, 1.165) is 0 Å². The predicted octanol–water partition coefficient (Wildman–Crippen LogP) is 6.80. The van der Waals surface area contributed by atoms with Crippen LogP contribution in [0.4, 0.5) is 65.9 Å². The van der Waals surface area contributed by atoms with Crippen LogP contribution >= 0.6 is 0 Å². The Hall–Kier alpha value is -4.13. The van der Waals surface area contributed by atoms with E-state index >= 15 is 26.3 Å². The van der Waals surface area contributed by atoms with Crippen LogP contribution in [-0.4, -0.2) is 22.3 Å². The van der Waals surface area contributed by atoms with E-state index in [-0.39, 0.29) is 13.0 Å². The zero-order valence-electron chi connectivity index (χ0n) is 21.7. The Bertz CT molecular complexity index is 1730. The first-order valence-corrected chi connectivity index (χ1v) is 11.7. The van der Waals surface area contributed by atoms with Crippen molar-refractivity contribution in [2.45, 2.75) is 24.6 Å². The Labute approximate surface area is 240 Å². The molecule has 1 atom stereocenters. The highest BCUT2D eigenvalue weighted by Gasteiger charge is 2.69. The van der Waals surface area contributed by atoms with Gasteiger partial charge in [-0.3, -0.25) is 0 Å². The van der Waals surface area contributed by atoms with E-state index in [1.54, 1.807) is 0 Å². The lowest BCUT2D eigenvalue weighted by Crippen LogP contribution is -2.63. The van der Waals surface area contributed by atoms with Gasteiger partial charge in [0.2, 0.25) is 17.5 Å². The van der Waals surface area contributed by atoms with Crippen LogP contribution in [0.5, 0.6) is 0 Å². The van der Waals surface area contributed by atoms with Crippen molar-refractivity contribution in [1.29, 1.82) is 0 Å². The molecule has 0 bridgehead atoms. The van der Waals surface area contributed by atoms with Gasteiger partial charge in [-0.1, -0.05) is 6.08 Å². The Kier molecular flexibility index (Phi) is 8.06. The standard InChI is InChI=1S/C26H10BF15O3/c1-4-3-25(27(44)45,6-9(28)15(34)21(40)16(35)10(6)29)26(5(2)24(4)43,7-11(30)17(36)22(41)18(37)12(7)31)8-13(32)19(38)23(42)20(39)14(8)33/h3,43-45H,1-2H3. The summed E-state index contributed by atoms with van der Waals surface area (Å²) in [5.41, 5.74) is -16.2. The molecule has 240 valence electrons. The zero-order valence-corrected chi connectivity index (χ0v) is 21.7. The van der Waals surface area contributed by atoms with E-state index in [2.05, 4.69) is 0 Å². The highest BCUT2D eigenvalue weighted by Crippen LogP contribution is 2.62. The molecule has 0 spiro atoms. The third kappa shape index (κ3) is 3.98. The molecule has 0 aromatic heterocycles. The van der Waals surface area contributed by atoms with Gasteiger partial charge in [-0.25, -0.2) is 65.9 Å². The maximum atomic E-state index is 15.7. The van der Waals surface area contributed by atoms with Gasteiger partial charge in [0.15, 0.2) is 69.8 Å². The van der Waals surface area contributed by atoms with Crippen LogP contribution in [0.2, 0.25) is 0 Å². The van der Waals surface area contributed by atoms with Crippen molar-refractivity contribution < 1.29 is 81.0 Å². The molecule has 4 rings (SSSR count). The molecular weight excluding hydrogens is 656 g/mol. The van der Waals surface area contributed by atoms with Crippen LogP contribution < -0.4 is 0 Å². The minimum atomic E-state index is -4.89. The minimum Gasteiger partial charge on any atom is -0.508 e. The van der Waals surface area contributed by atoms with Crippen molar-refractivity contribution in [2.75, 3.05) is 0 Å². The number of aliphatic hydroxyl groups excluding tert-OH is 1. The third-order valence-corrected chi connectivity index (χ3v) is 7.56. The van der Waals surface area contributed by atoms with E-state index < -0.39 is 139 Å². The molecule has 1 unspecified atom stereocenters. The van der Waals surface area contributed by atoms with E-state index in [0.29, 0.717) is 6.92 Å². The molecule has 1 aliphatic rings.